The summed E-state index contributed by atoms with van der Waals surface area (Å²) in [6, 6.07) is 16.1. The maximum atomic E-state index is 12.9. The Morgan fingerprint density at radius 1 is 1.09 bits per heavy atom. The summed E-state index contributed by atoms with van der Waals surface area (Å²) in [5.41, 5.74) is 0.912. The second-order valence-corrected chi connectivity index (χ2v) is 10.2. The van der Waals surface area contributed by atoms with Crippen molar-refractivity contribution in [2.24, 2.45) is 5.92 Å². The predicted molar refractivity (Wildman–Crippen MR) is 129 cm³/mol. The first kappa shape index (κ1) is 25.2. The lowest BCUT2D eigenvalue weighted by molar-refractivity contribution is -0.126. The Balaban J connectivity index is 1.57. The van der Waals surface area contributed by atoms with Crippen molar-refractivity contribution in [3.63, 3.8) is 0 Å². The molecule has 180 valence electrons. The lowest BCUT2D eigenvalue weighted by Gasteiger charge is -2.31. The molecule has 2 aromatic rings. The molecule has 0 radical (unpaired) electrons. The molecular formula is C25H35N3O4S. The van der Waals surface area contributed by atoms with E-state index in [0.717, 1.165) is 30.9 Å². The lowest BCUT2D eigenvalue weighted by atomic mass is 9.98. The number of ether oxygens (including phenoxy) is 1. The van der Waals surface area contributed by atoms with Crippen LogP contribution in [-0.4, -0.2) is 62.9 Å². The van der Waals surface area contributed by atoms with Gasteiger partial charge in [-0.05, 0) is 44.1 Å². The summed E-state index contributed by atoms with van der Waals surface area (Å²) >= 11 is 0. The van der Waals surface area contributed by atoms with Crippen molar-refractivity contribution < 1.29 is 17.9 Å². The number of para-hydroxylation sites is 1. The Bertz CT molecular complexity index is 994. The summed E-state index contributed by atoms with van der Waals surface area (Å²) in [6.45, 7) is 8.64. The number of amides is 1. The molecule has 0 bridgehead atoms. The minimum Gasteiger partial charge on any atom is -0.492 e. The van der Waals surface area contributed by atoms with E-state index >= 15 is 0 Å². The summed E-state index contributed by atoms with van der Waals surface area (Å²) in [5.74, 6) is 0.274. The molecule has 33 heavy (non-hydrogen) atoms. The number of hydrogen-bond donors (Lipinski definition) is 1. The zero-order chi connectivity index (χ0) is 23.7. The highest BCUT2D eigenvalue weighted by Crippen LogP contribution is 2.24. The molecule has 7 nitrogen and oxygen atoms in total. The molecule has 2 aromatic carbocycles. The zero-order valence-electron chi connectivity index (χ0n) is 19.6. The second kappa shape index (κ2) is 12.2. The fraction of sp³-hybridized carbons (Fsp3) is 0.480. The number of benzene rings is 2. The quantitative estimate of drug-likeness (QED) is 0.543. The number of carbonyl (C=O) groups is 1. The number of likely N-dealkylation sites (N-methyl/N-ethyl adjacent to an activating group) is 1. The first-order valence-corrected chi connectivity index (χ1v) is 13.2. The van der Waals surface area contributed by atoms with E-state index in [1.54, 1.807) is 30.3 Å². The van der Waals surface area contributed by atoms with Crippen LogP contribution >= 0.6 is 0 Å². The van der Waals surface area contributed by atoms with E-state index < -0.39 is 10.0 Å². The second-order valence-electron chi connectivity index (χ2n) is 8.22. The van der Waals surface area contributed by atoms with Gasteiger partial charge in [-0.25, -0.2) is 8.42 Å². The lowest BCUT2D eigenvalue weighted by Crippen LogP contribution is -2.45. The minimum absolute atomic E-state index is 0.124. The third-order valence-corrected chi connectivity index (χ3v) is 8.00. The van der Waals surface area contributed by atoms with Crippen molar-refractivity contribution in [2.75, 3.05) is 39.3 Å². The van der Waals surface area contributed by atoms with Gasteiger partial charge in [-0.15, -0.1) is 0 Å². The first-order chi connectivity index (χ1) is 16.0. The fourth-order valence-corrected chi connectivity index (χ4v) is 5.60. The SMILES string of the molecule is CCN(CC)CCOc1ccccc1CNC(=O)C1CCCN(S(=O)(=O)c2ccccc2)C1. The van der Waals surface area contributed by atoms with E-state index in [4.69, 9.17) is 4.74 Å². The average molecular weight is 474 g/mol. The van der Waals surface area contributed by atoms with Crippen LogP contribution in [0.4, 0.5) is 0 Å². The van der Waals surface area contributed by atoms with Crippen LogP contribution in [0.2, 0.25) is 0 Å². The van der Waals surface area contributed by atoms with Crippen molar-refractivity contribution >= 4 is 15.9 Å². The highest BCUT2D eigenvalue weighted by Gasteiger charge is 2.33. The van der Waals surface area contributed by atoms with Crippen molar-refractivity contribution in [2.45, 2.75) is 38.1 Å². The topological polar surface area (TPSA) is 79.0 Å². The molecule has 1 fully saturated rings. The van der Waals surface area contributed by atoms with Crippen molar-refractivity contribution in [1.82, 2.24) is 14.5 Å². The van der Waals surface area contributed by atoms with Crippen molar-refractivity contribution in [3.05, 3.63) is 60.2 Å². The summed E-state index contributed by atoms with van der Waals surface area (Å²) in [7, 11) is -3.59. The Labute approximate surface area is 197 Å². The van der Waals surface area contributed by atoms with Crippen LogP contribution < -0.4 is 10.1 Å². The number of sulfonamides is 1. The number of rotatable bonds is 11. The predicted octanol–water partition coefficient (Wildman–Crippen LogP) is 3.12. The molecule has 8 heteroatoms. The van der Waals surface area contributed by atoms with Gasteiger partial charge in [0.25, 0.3) is 0 Å². The van der Waals surface area contributed by atoms with Crippen LogP contribution in [-0.2, 0) is 21.4 Å². The molecule has 0 aliphatic carbocycles. The molecule has 3 rings (SSSR count). The van der Waals surface area contributed by atoms with Crippen LogP contribution in [0, 0.1) is 5.92 Å². The number of hydrogen-bond acceptors (Lipinski definition) is 5. The van der Waals surface area contributed by atoms with E-state index in [9.17, 15) is 13.2 Å². The molecule has 1 atom stereocenters. The van der Waals surface area contributed by atoms with Crippen LogP contribution in [0.25, 0.3) is 0 Å². The van der Waals surface area contributed by atoms with Gasteiger partial charge in [-0.1, -0.05) is 50.2 Å². The molecule has 1 heterocycles. The Kier molecular flexibility index (Phi) is 9.29. The number of nitrogens with zero attached hydrogens (tertiary/aromatic N) is 2. The summed E-state index contributed by atoms with van der Waals surface area (Å²) in [6.07, 6.45) is 1.34. The van der Waals surface area contributed by atoms with Gasteiger partial charge >= 0.3 is 0 Å². The molecule has 1 amide bonds. The molecule has 0 spiro atoms. The monoisotopic (exact) mass is 473 g/mol. The van der Waals surface area contributed by atoms with Crippen molar-refractivity contribution in [1.29, 1.82) is 0 Å². The van der Waals surface area contributed by atoms with Gasteiger partial charge in [0.05, 0.1) is 10.8 Å². The zero-order valence-corrected chi connectivity index (χ0v) is 20.4. The van der Waals surface area contributed by atoms with E-state index in [1.165, 1.54) is 4.31 Å². The molecule has 0 aromatic heterocycles. The van der Waals surface area contributed by atoms with Crippen molar-refractivity contribution in [3.8, 4) is 5.75 Å². The largest absolute Gasteiger partial charge is 0.492 e. The van der Waals surface area contributed by atoms with Gasteiger partial charge in [0, 0.05) is 31.7 Å². The van der Waals surface area contributed by atoms with Gasteiger partial charge in [0.2, 0.25) is 15.9 Å². The summed E-state index contributed by atoms with van der Waals surface area (Å²) < 4.78 is 33.3. The Morgan fingerprint density at radius 3 is 2.52 bits per heavy atom. The summed E-state index contributed by atoms with van der Waals surface area (Å²) in [4.78, 5) is 15.5. The average Bonchev–Trinajstić information content (AvgIpc) is 2.86. The van der Waals surface area contributed by atoms with Gasteiger partial charge in [0.1, 0.15) is 12.4 Å². The van der Waals surface area contributed by atoms with Crippen LogP contribution in [0.3, 0.4) is 0 Å². The Morgan fingerprint density at radius 2 is 1.79 bits per heavy atom. The highest BCUT2D eigenvalue weighted by atomic mass is 32.2. The maximum absolute atomic E-state index is 12.9. The molecule has 0 saturated carbocycles. The molecule has 1 aliphatic heterocycles. The standard InChI is InChI=1S/C25H35N3O4S/c1-3-27(4-2)17-18-32-24-15-9-8-11-21(24)19-26-25(29)22-12-10-16-28(20-22)33(30,31)23-13-6-5-7-14-23/h5-9,11,13-15,22H,3-4,10,12,16-20H2,1-2H3,(H,26,29). The number of nitrogens with one attached hydrogen (secondary N) is 1. The first-order valence-electron chi connectivity index (χ1n) is 11.7. The van der Waals surface area contributed by atoms with E-state index in [1.807, 2.05) is 24.3 Å². The molecule has 1 saturated heterocycles. The number of carbonyl (C=O) groups excluding carboxylic acids is 1. The summed E-state index contributed by atoms with van der Waals surface area (Å²) in [5, 5.41) is 2.99. The fourth-order valence-electron chi connectivity index (χ4n) is 4.06. The van der Waals surface area contributed by atoms with E-state index in [-0.39, 0.29) is 23.3 Å². The van der Waals surface area contributed by atoms with E-state index in [2.05, 4.69) is 24.1 Å². The van der Waals surface area contributed by atoms with E-state index in [0.29, 0.717) is 32.5 Å². The van der Waals surface area contributed by atoms with Crippen LogP contribution in [0.5, 0.6) is 5.75 Å². The smallest absolute Gasteiger partial charge is 0.243 e. The van der Waals surface area contributed by atoms with Crippen LogP contribution in [0.1, 0.15) is 32.3 Å². The third kappa shape index (κ3) is 6.79. The molecular weight excluding hydrogens is 438 g/mol. The molecule has 1 unspecified atom stereocenters. The molecule has 1 N–H and O–H groups in total. The van der Waals surface area contributed by atoms with Gasteiger partial charge in [0.15, 0.2) is 0 Å². The number of piperidine rings is 1. The third-order valence-electron chi connectivity index (χ3n) is 6.12. The Hall–Kier alpha value is -2.42. The normalized spacial score (nSPS) is 17.1. The van der Waals surface area contributed by atoms with Gasteiger partial charge < -0.3 is 15.0 Å². The van der Waals surface area contributed by atoms with Crippen LogP contribution in [0.15, 0.2) is 59.5 Å². The van der Waals surface area contributed by atoms with Gasteiger partial charge in [-0.2, -0.15) is 4.31 Å². The van der Waals surface area contributed by atoms with Gasteiger partial charge in [-0.3, -0.25) is 4.79 Å². The molecule has 1 aliphatic rings. The minimum atomic E-state index is -3.59. The highest BCUT2D eigenvalue weighted by molar-refractivity contribution is 7.89. The maximum Gasteiger partial charge on any atom is 0.243 e.